The van der Waals surface area contributed by atoms with Gasteiger partial charge >= 0.3 is 0 Å². The molecule has 3 nitrogen and oxygen atoms in total. The Morgan fingerprint density at radius 3 is 2.79 bits per heavy atom. The Kier molecular flexibility index (Phi) is 3.42. The summed E-state index contributed by atoms with van der Waals surface area (Å²) >= 11 is 1.65. The molecule has 0 bridgehead atoms. The van der Waals surface area contributed by atoms with Gasteiger partial charge in [0, 0.05) is 12.3 Å². The first kappa shape index (κ1) is 11.8. The van der Waals surface area contributed by atoms with Crippen molar-refractivity contribution in [2.45, 2.75) is 31.5 Å². The van der Waals surface area contributed by atoms with Gasteiger partial charge in [0.25, 0.3) is 5.91 Å². The van der Waals surface area contributed by atoms with Crippen LogP contribution in [0, 0.1) is 0 Å². The van der Waals surface area contributed by atoms with Crippen molar-refractivity contribution in [3.8, 4) is 0 Å². The molecule has 0 aromatic carbocycles. The molecule has 2 N–H and O–H groups in total. The summed E-state index contributed by atoms with van der Waals surface area (Å²) < 4.78 is 13.1. The minimum absolute atomic E-state index is 0.145. The lowest BCUT2D eigenvalue weighted by Gasteiger charge is -2.23. The van der Waals surface area contributed by atoms with Crippen LogP contribution in [0.3, 0.4) is 0 Å². The molecule has 0 radical (unpaired) electrons. The van der Waals surface area contributed by atoms with E-state index in [4.69, 9.17) is 0 Å². The highest BCUT2D eigenvalue weighted by atomic mass is 32.2. The molecule has 0 aromatic heterocycles. The maximum absolute atomic E-state index is 13.1. The van der Waals surface area contributed by atoms with Gasteiger partial charge in [0.15, 0.2) is 5.67 Å². The van der Waals surface area contributed by atoms with E-state index in [0.717, 1.165) is 5.75 Å². The molecule has 0 aromatic rings. The van der Waals surface area contributed by atoms with E-state index in [1.165, 1.54) is 13.8 Å². The van der Waals surface area contributed by atoms with Gasteiger partial charge in [-0.1, -0.05) is 0 Å². The van der Waals surface area contributed by atoms with Crippen molar-refractivity contribution >= 4 is 17.7 Å². The second kappa shape index (κ2) is 4.06. The van der Waals surface area contributed by atoms with Gasteiger partial charge < -0.3 is 10.4 Å². The molecular weight excluding hydrogens is 205 g/mol. The predicted molar refractivity (Wildman–Crippen MR) is 55.1 cm³/mol. The summed E-state index contributed by atoms with van der Waals surface area (Å²) in [5.41, 5.74) is -2.71. The van der Waals surface area contributed by atoms with Crippen molar-refractivity contribution in [2.24, 2.45) is 0 Å². The molecule has 0 spiro atoms. The molecule has 1 aliphatic rings. The van der Waals surface area contributed by atoms with Gasteiger partial charge in [-0.3, -0.25) is 4.79 Å². The molecule has 1 aliphatic heterocycles. The number of amides is 1. The fourth-order valence-electron chi connectivity index (χ4n) is 1.19. The lowest BCUT2D eigenvalue weighted by Crippen LogP contribution is -2.47. The Hall–Kier alpha value is -0.290. The van der Waals surface area contributed by atoms with Crippen molar-refractivity contribution in [3.05, 3.63) is 0 Å². The van der Waals surface area contributed by atoms with E-state index in [2.05, 4.69) is 5.32 Å². The van der Waals surface area contributed by atoms with Crippen molar-refractivity contribution in [3.63, 3.8) is 0 Å². The molecule has 1 saturated heterocycles. The third-order valence-corrected chi connectivity index (χ3v) is 3.43. The van der Waals surface area contributed by atoms with Crippen LogP contribution in [0.1, 0.15) is 20.3 Å². The summed E-state index contributed by atoms with van der Waals surface area (Å²) in [6, 6.07) is 0. The average molecular weight is 221 g/mol. The normalized spacial score (nSPS) is 27.7. The molecule has 1 rings (SSSR count). The molecule has 1 unspecified atom stereocenters. The van der Waals surface area contributed by atoms with Gasteiger partial charge in [-0.05, 0) is 26.0 Å². The number of nitrogens with one attached hydrogen (secondary N) is 1. The lowest BCUT2D eigenvalue weighted by atomic mass is 10.0. The number of thioether (sulfide) groups is 1. The number of aliphatic hydroxyl groups is 1. The third kappa shape index (κ3) is 3.13. The lowest BCUT2D eigenvalue weighted by molar-refractivity contribution is -0.131. The predicted octanol–water partition coefficient (Wildman–Crippen LogP) is 0.719. The van der Waals surface area contributed by atoms with E-state index >= 15 is 0 Å². The molecule has 1 heterocycles. The van der Waals surface area contributed by atoms with E-state index in [-0.39, 0.29) is 6.54 Å². The Labute approximate surface area is 87.4 Å². The Morgan fingerprint density at radius 2 is 2.36 bits per heavy atom. The van der Waals surface area contributed by atoms with Gasteiger partial charge in [0.1, 0.15) is 0 Å². The van der Waals surface area contributed by atoms with Crippen molar-refractivity contribution in [1.82, 2.24) is 5.32 Å². The second-order valence-electron chi connectivity index (χ2n) is 4.18. The first-order chi connectivity index (χ1) is 6.33. The zero-order valence-electron chi connectivity index (χ0n) is 8.47. The van der Waals surface area contributed by atoms with Crippen LogP contribution < -0.4 is 5.32 Å². The van der Waals surface area contributed by atoms with Crippen LogP contribution >= 0.6 is 11.8 Å². The van der Waals surface area contributed by atoms with Gasteiger partial charge in [0.2, 0.25) is 0 Å². The Bertz CT molecular complexity index is 221. The van der Waals surface area contributed by atoms with Crippen molar-refractivity contribution < 1.29 is 14.3 Å². The highest BCUT2D eigenvalue weighted by molar-refractivity contribution is 7.99. The van der Waals surface area contributed by atoms with E-state index in [1.54, 1.807) is 11.8 Å². The highest BCUT2D eigenvalue weighted by Crippen LogP contribution is 2.27. The molecule has 1 fully saturated rings. The van der Waals surface area contributed by atoms with Gasteiger partial charge in [-0.25, -0.2) is 4.39 Å². The molecule has 14 heavy (non-hydrogen) atoms. The smallest absolute Gasteiger partial charge is 0.257 e. The second-order valence-corrected chi connectivity index (χ2v) is 5.29. The molecule has 0 saturated carbocycles. The zero-order valence-corrected chi connectivity index (χ0v) is 9.29. The van der Waals surface area contributed by atoms with Gasteiger partial charge in [0.05, 0.1) is 5.60 Å². The summed E-state index contributed by atoms with van der Waals surface area (Å²) in [4.78, 5) is 11.2. The Morgan fingerprint density at radius 1 is 1.71 bits per heavy atom. The Balaban J connectivity index is 2.37. The largest absolute Gasteiger partial charge is 0.387 e. The first-order valence-corrected chi connectivity index (χ1v) is 5.76. The van der Waals surface area contributed by atoms with Crippen molar-refractivity contribution in [1.29, 1.82) is 0 Å². The number of carbonyl (C=O) groups is 1. The summed E-state index contributed by atoms with van der Waals surface area (Å²) in [5, 5.41) is 12.3. The molecular formula is C9H16FNO2S. The van der Waals surface area contributed by atoms with E-state index < -0.39 is 17.2 Å². The fraction of sp³-hybridized carbons (Fsp3) is 0.889. The van der Waals surface area contributed by atoms with E-state index in [1.807, 2.05) is 0 Å². The summed E-state index contributed by atoms with van der Waals surface area (Å²) in [5.74, 6) is 0.841. The minimum Gasteiger partial charge on any atom is -0.387 e. The maximum Gasteiger partial charge on any atom is 0.257 e. The van der Waals surface area contributed by atoms with Crippen LogP contribution in [-0.2, 0) is 4.79 Å². The number of hydrogen-bond acceptors (Lipinski definition) is 3. The van der Waals surface area contributed by atoms with Crippen LogP contribution in [0.4, 0.5) is 4.39 Å². The number of carbonyl (C=O) groups excluding carboxylic acids is 1. The van der Waals surface area contributed by atoms with Crippen LogP contribution in [0.5, 0.6) is 0 Å². The minimum atomic E-state index is -1.87. The monoisotopic (exact) mass is 221 g/mol. The van der Waals surface area contributed by atoms with Gasteiger partial charge in [-0.2, -0.15) is 11.8 Å². The van der Waals surface area contributed by atoms with Crippen LogP contribution in [0.25, 0.3) is 0 Å². The number of rotatable bonds is 3. The molecule has 82 valence electrons. The van der Waals surface area contributed by atoms with Crippen molar-refractivity contribution in [2.75, 3.05) is 18.1 Å². The quantitative estimate of drug-likeness (QED) is 0.738. The summed E-state index contributed by atoms with van der Waals surface area (Å²) in [7, 11) is 0. The van der Waals surface area contributed by atoms with Crippen LogP contribution in [0.2, 0.25) is 0 Å². The fourth-order valence-corrected chi connectivity index (χ4v) is 2.49. The van der Waals surface area contributed by atoms with Crippen LogP contribution in [-0.4, -0.2) is 40.3 Å². The number of hydrogen-bond donors (Lipinski definition) is 2. The summed E-state index contributed by atoms with van der Waals surface area (Å²) in [6.45, 7) is 2.55. The number of halogens is 1. The third-order valence-electron chi connectivity index (χ3n) is 2.20. The molecule has 1 atom stereocenters. The SMILES string of the molecule is CC(C)(F)C(=O)NCC1(O)CCSC1. The van der Waals surface area contributed by atoms with E-state index in [9.17, 15) is 14.3 Å². The maximum atomic E-state index is 13.1. The molecule has 5 heteroatoms. The zero-order chi connectivity index (χ0) is 10.8. The highest BCUT2D eigenvalue weighted by Gasteiger charge is 2.34. The standard InChI is InChI=1S/C9H16FNO2S/c1-8(2,10)7(12)11-5-9(13)3-4-14-6-9/h13H,3-6H2,1-2H3,(H,11,12). The van der Waals surface area contributed by atoms with Gasteiger partial charge in [-0.15, -0.1) is 0 Å². The first-order valence-electron chi connectivity index (χ1n) is 4.61. The topological polar surface area (TPSA) is 49.3 Å². The summed E-state index contributed by atoms with van der Waals surface area (Å²) in [6.07, 6.45) is 0.657. The molecule has 0 aliphatic carbocycles. The molecule has 1 amide bonds. The van der Waals surface area contributed by atoms with Crippen LogP contribution in [0.15, 0.2) is 0 Å². The van der Waals surface area contributed by atoms with E-state index in [0.29, 0.717) is 12.2 Å². The average Bonchev–Trinajstić information content (AvgIpc) is 2.47. The number of alkyl halides is 1.